The zero-order valence-electron chi connectivity index (χ0n) is 12.5. The average molecular weight is 322 g/mol. The molecule has 0 aromatic heterocycles. The summed E-state index contributed by atoms with van der Waals surface area (Å²) in [5, 5.41) is 18.1. The summed E-state index contributed by atoms with van der Waals surface area (Å²) in [6.07, 6.45) is 0.471. The highest BCUT2D eigenvalue weighted by Crippen LogP contribution is 2.28. The fraction of sp³-hybridized carbons (Fsp3) is 0.467. The van der Waals surface area contributed by atoms with Gasteiger partial charge in [0.25, 0.3) is 0 Å². The molecular formula is C15H18N2O4S. The third-order valence-electron chi connectivity index (χ3n) is 3.91. The van der Waals surface area contributed by atoms with Crippen molar-refractivity contribution in [3.63, 3.8) is 0 Å². The van der Waals surface area contributed by atoms with Gasteiger partial charge in [0, 0.05) is 13.1 Å². The number of hydrogen-bond donors (Lipinski definition) is 1. The van der Waals surface area contributed by atoms with E-state index >= 15 is 0 Å². The zero-order valence-corrected chi connectivity index (χ0v) is 13.3. The van der Waals surface area contributed by atoms with Crippen molar-refractivity contribution in [2.75, 3.05) is 13.1 Å². The van der Waals surface area contributed by atoms with E-state index in [9.17, 15) is 18.3 Å². The van der Waals surface area contributed by atoms with E-state index in [1.807, 2.05) is 13.0 Å². The molecule has 1 aliphatic heterocycles. The van der Waals surface area contributed by atoms with Gasteiger partial charge in [0.05, 0.1) is 22.4 Å². The normalized spacial score (nSPS) is 23.0. The predicted molar refractivity (Wildman–Crippen MR) is 79.6 cm³/mol. The number of piperidine rings is 1. The molecule has 2 atom stereocenters. The molecule has 1 fully saturated rings. The number of aryl methyl sites for hydroxylation is 1. The number of sulfonamides is 1. The van der Waals surface area contributed by atoms with E-state index in [0.29, 0.717) is 18.5 Å². The van der Waals surface area contributed by atoms with E-state index in [1.54, 1.807) is 19.1 Å². The van der Waals surface area contributed by atoms with Crippen LogP contribution in [0.3, 0.4) is 0 Å². The first-order chi connectivity index (χ1) is 10.3. The quantitative estimate of drug-likeness (QED) is 0.911. The predicted octanol–water partition coefficient (Wildman–Crippen LogP) is 1.60. The van der Waals surface area contributed by atoms with Gasteiger partial charge in [-0.25, -0.2) is 8.42 Å². The first-order valence-electron chi connectivity index (χ1n) is 6.99. The standard InChI is InChI=1S/C15H18N2O4S/c1-10-5-13(15(18)19)9-17(8-10)22(20,21)14-6-12(7-16)4-3-11(14)2/h3-4,6,10,13H,5,8-9H2,1-2H3,(H,18,19). The minimum atomic E-state index is -3.81. The van der Waals surface area contributed by atoms with E-state index in [4.69, 9.17) is 5.26 Å². The molecule has 0 radical (unpaired) electrons. The van der Waals surface area contributed by atoms with Crippen molar-refractivity contribution in [3.05, 3.63) is 29.3 Å². The number of carbonyl (C=O) groups is 1. The Hall–Kier alpha value is -1.91. The molecule has 1 aliphatic rings. The number of benzene rings is 1. The summed E-state index contributed by atoms with van der Waals surface area (Å²) in [5.74, 6) is -1.70. The molecule has 1 aromatic carbocycles. The fourth-order valence-electron chi connectivity index (χ4n) is 2.76. The lowest BCUT2D eigenvalue weighted by Crippen LogP contribution is -2.45. The molecule has 118 valence electrons. The van der Waals surface area contributed by atoms with E-state index in [0.717, 1.165) is 0 Å². The highest BCUT2D eigenvalue weighted by molar-refractivity contribution is 7.89. The average Bonchev–Trinajstić information content (AvgIpc) is 2.46. The molecule has 1 saturated heterocycles. The minimum Gasteiger partial charge on any atom is -0.481 e. The maximum absolute atomic E-state index is 12.8. The summed E-state index contributed by atoms with van der Waals surface area (Å²) in [7, 11) is -3.81. The highest BCUT2D eigenvalue weighted by atomic mass is 32.2. The van der Waals surface area contributed by atoms with Gasteiger partial charge in [-0.3, -0.25) is 4.79 Å². The van der Waals surface area contributed by atoms with E-state index in [2.05, 4.69) is 0 Å². The topological polar surface area (TPSA) is 98.5 Å². The highest BCUT2D eigenvalue weighted by Gasteiger charge is 2.36. The first-order valence-corrected chi connectivity index (χ1v) is 8.43. The summed E-state index contributed by atoms with van der Waals surface area (Å²) < 4.78 is 26.9. The summed E-state index contributed by atoms with van der Waals surface area (Å²) >= 11 is 0. The lowest BCUT2D eigenvalue weighted by Gasteiger charge is -2.34. The third-order valence-corrected chi connectivity index (χ3v) is 5.88. The van der Waals surface area contributed by atoms with Gasteiger partial charge in [0.2, 0.25) is 10.0 Å². The van der Waals surface area contributed by atoms with Crippen molar-refractivity contribution < 1.29 is 18.3 Å². The molecule has 1 heterocycles. The van der Waals surface area contributed by atoms with Crippen LogP contribution in [0, 0.1) is 30.1 Å². The first kappa shape index (κ1) is 16.5. The molecule has 0 aliphatic carbocycles. The molecule has 22 heavy (non-hydrogen) atoms. The smallest absolute Gasteiger partial charge is 0.307 e. The Kier molecular flexibility index (Phi) is 4.54. The van der Waals surface area contributed by atoms with Gasteiger partial charge >= 0.3 is 5.97 Å². The van der Waals surface area contributed by atoms with Crippen LogP contribution in [0.5, 0.6) is 0 Å². The van der Waals surface area contributed by atoms with Crippen LogP contribution >= 0.6 is 0 Å². The van der Waals surface area contributed by atoms with Gasteiger partial charge in [-0.2, -0.15) is 9.57 Å². The Balaban J connectivity index is 2.42. The molecular weight excluding hydrogens is 304 g/mol. The number of carboxylic acid groups (broad SMARTS) is 1. The minimum absolute atomic E-state index is 0.0240. The van der Waals surface area contributed by atoms with E-state index in [1.165, 1.54) is 10.4 Å². The van der Waals surface area contributed by atoms with E-state index < -0.39 is 21.9 Å². The second kappa shape index (κ2) is 6.07. The van der Waals surface area contributed by atoms with Crippen LogP contribution in [0.2, 0.25) is 0 Å². The van der Waals surface area contributed by atoms with Gasteiger partial charge in [0.1, 0.15) is 0 Å². The van der Waals surface area contributed by atoms with Crippen LogP contribution in [0.4, 0.5) is 0 Å². The van der Waals surface area contributed by atoms with Crippen LogP contribution in [0.15, 0.2) is 23.1 Å². The molecule has 1 aromatic rings. The van der Waals surface area contributed by atoms with Crippen LogP contribution < -0.4 is 0 Å². The molecule has 2 unspecified atom stereocenters. The van der Waals surface area contributed by atoms with Crippen molar-refractivity contribution in [1.29, 1.82) is 5.26 Å². The molecule has 1 N–H and O–H groups in total. The second-order valence-corrected chi connectivity index (χ2v) is 7.70. The zero-order chi connectivity index (χ0) is 16.5. The van der Waals surface area contributed by atoms with Crippen LogP contribution in [0.25, 0.3) is 0 Å². The number of nitrogens with zero attached hydrogens (tertiary/aromatic N) is 2. The summed E-state index contributed by atoms with van der Waals surface area (Å²) in [4.78, 5) is 11.3. The van der Waals surface area contributed by atoms with Crippen molar-refractivity contribution in [2.45, 2.75) is 25.2 Å². The summed E-state index contributed by atoms with van der Waals surface area (Å²) in [6, 6.07) is 6.43. The third kappa shape index (κ3) is 3.13. The monoisotopic (exact) mass is 322 g/mol. The van der Waals surface area contributed by atoms with Gasteiger partial charge in [-0.15, -0.1) is 0 Å². The maximum Gasteiger partial charge on any atom is 0.307 e. The van der Waals surface area contributed by atoms with Crippen molar-refractivity contribution in [2.24, 2.45) is 11.8 Å². The number of carboxylic acids is 1. The SMILES string of the molecule is Cc1ccc(C#N)cc1S(=O)(=O)N1CC(C)CC(C(=O)O)C1. The number of nitriles is 1. The van der Waals surface area contributed by atoms with Gasteiger partial charge in [0.15, 0.2) is 0 Å². The molecule has 6 nitrogen and oxygen atoms in total. The Bertz CT molecular complexity index is 736. The Morgan fingerprint density at radius 1 is 1.41 bits per heavy atom. The Morgan fingerprint density at radius 2 is 2.09 bits per heavy atom. The molecule has 7 heteroatoms. The largest absolute Gasteiger partial charge is 0.481 e. The molecule has 0 saturated carbocycles. The molecule has 0 spiro atoms. The Morgan fingerprint density at radius 3 is 2.68 bits per heavy atom. The molecule has 2 rings (SSSR count). The van der Waals surface area contributed by atoms with Crippen molar-refractivity contribution in [3.8, 4) is 6.07 Å². The lowest BCUT2D eigenvalue weighted by molar-refractivity contribution is -0.143. The Labute approximate surface area is 130 Å². The van der Waals surface area contributed by atoms with Crippen molar-refractivity contribution in [1.82, 2.24) is 4.31 Å². The number of hydrogen-bond acceptors (Lipinski definition) is 4. The lowest BCUT2D eigenvalue weighted by atomic mass is 9.92. The van der Waals surface area contributed by atoms with Gasteiger partial charge < -0.3 is 5.11 Å². The molecule has 0 amide bonds. The summed E-state index contributed by atoms with van der Waals surface area (Å²) in [5.41, 5.74) is 0.813. The van der Waals surface area contributed by atoms with Gasteiger partial charge in [-0.1, -0.05) is 13.0 Å². The van der Waals surface area contributed by atoms with Crippen LogP contribution in [-0.2, 0) is 14.8 Å². The van der Waals surface area contributed by atoms with Gasteiger partial charge in [-0.05, 0) is 37.0 Å². The number of rotatable bonds is 3. The summed E-state index contributed by atoms with van der Waals surface area (Å²) in [6.45, 7) is 3.77. The second-order valence-electron chi connectivity index (χ2n) is 5.79. The maximum atomic E-state index is 12.8. The van der Waals surface area contributed by atoms with Crippen LogP contribution in [-0.4, -0.2) is 36.9 Å². The van der Waals surface area contributed by atoms with Crippen LogP contribution in [0.1, 0.15) is 24.5 Å². The van der Waals surface area contributed by atoms with E-state index in [-0.39, 0.29) is 22.9 Å². The number of aliphatic carboxylic acids is 1. The fourth-order valence-corrected chi connectivity index (χ4v) is 4.62. The van der Waals surface area contributed by atoms with Crippen molar-refractivity contribution >= 4 is 16.0 Å². The molecule has 0 bridgehead atoms.